The molecule has 28 heavy (non-hydrogen) atoms. The molecular formula is C15H14F2N8O3. The minimum Gasteiger partial charge on any atom is -0.288 e. The van der Waals surface area contributed by atoms with Gasteiger partial charge in [-0.2, -0.15) is 5.10 Å². The summed E-state index contributed by atoms with van der Waals surface area (Å²) in [6, 6.07) is 5.29. The van der Waals surface area contributed by atoms with Crippen molar-refractivity contribution in [3.05, 3.63) is 61.9 Å². The van der Waals surface area contributed by atoms with E-state index >= 15 is 0 Å². The second-order valence-corrected chi connectivity index (χ2v) is 5.77. The topological polar surface area (TPSA) is 130 Å². The number of aromatic nitrogens is 7. The number of amides is 1. The average molecular weight is 392 g/mol. The monoisotopic (exact) mass is 392 g/mol. The molecule has 0 aliphatic heterocycles. The zero-order valence-electron chi connectivity index (χ0n) is 14.7. The van der Waals surface area contributed by atoms with Gasteiger partial charge in [0.05, 0.1) is 6.54 Å². The maximum atomic E-state index is 12.9. The molecular weight excluding hydrogens is 378 g/mol. The van der Waals surface area contributed by atoms with Crippen LogP contribution < -0.4 is 16.6 Å². The Kier molecular flexibility index (Phi) is 5.06. The standard InChI is InChI=1S/C15H14F2N8O3/c1-23-14(19-21-22-23)18-12(26)10-13(27)25(15(28)24(2)20-10)7-8-4-3-5-9(6-8)11(16)17/h3-6,11H,7H2,1-2H3,(H,18,19,22,26). The third kappa shape index (κ3) is 3.67. The molecule has 0 fully saturated rings. The van der Waals surface area contributed by atoms with Crippen molar-refractivity contribution in [1.82, 2.24) is 34.6 Å². The molecule has 3 rings (SSSR count). The summed E-state index contributed by atoms with van der Waals surface area (Å²) in [5.74, 6) is -0.954. The zero-order valence-corrected chi connectivity index (χ0v) is 14.7. The van der Waals surface area contributed by atoms with Gasteiger partial charge in [0.25, 0.3) is 17.9 Å². The number of alkyl halides is 2. The van der Waals surface area contributed by atoms with E-state index < -0.39 is 29.3 Å². The smallest absolute Gasteiger partial charge is 0.288 e. The number of nitrogens with one attached hydrogen (secondary N) is 1. The minimum absolute atomic E-state index is 0.0313. The van der Waals surface area contributed by atoms with E-state index in [0.717, 1.165) is 13.9 Å². The van der Waals surface area contributed by atoms with E-state index in [2.05, 4.69) is 25.9 Å². The first-order valence-electron chi connectivity index (χ1n) is 7.86. The van der Waals surface area contributed by atoms with Gasteiger partial charge < -0.3 is 0 Å². The van der Waals surface area contributed by atoms with Gasteiger partial charge in [-0.15, -0.1) is 0 Å². The number of rotatable bonds is 5. The van der Waals surface area contributed by atoms with Crippen LogP contribution in [0.5, 0.6) is 0 Å². The Hall–Kier alpha value is -3.77. The average Bonchev–Trinajstić information content (AvgIpc) is 3.06. The first-order chi connectivity index (χ1) is 13.3. The second kappa shape index (κ2) is 7.46. The highest BCUT2D eigenvalue weighted by Gasteiger charge is 2.20. The van der Waals surface area contributed by atoms with Crippen molar-refractivity contribution in [2.45, 2.75) is 13.0 Å². The Morgan fingerprint density at radius 2 is 1.96 bits per heavy atom. The molecule has 2 aromatic heterocycles. The summed E-state index contributed by atoms with van der Waals surface area (Å²) in [4.78, 5) is 37.3. The Labute approximate surface area is 155 Å². The summed E-state index contributed by atoms with van der Waals surface area (Å²) >= 11 is 0. The fourth-order valence-corrected chi connectivity index (χ4v) is 2.41. The van der Waals surface area contributed by atoms with Crippen LogP contribution in [0.3, 0.4) is 0 Å². The summed E-state index contributed by atoms with van der Waals surface area (Å²) in [7, 11) is 2.73. The normalized spacial score (nSPS) is 11.0. The van der Waals surface area contributed by atoms with Crippen LogP contribution in [0, 0.1) is 0 Å². The Morgan fingerprint density at radius 1 is 1.21 bits per heavy atom. The molecule has 0 unspecified atom stereocenters. The van der Waals surface area contributed by atoms with E-state index in [1.807, 2.05) is 0 Å². The molecule has 0 radical (unpaired) electrons. The lowest BCUT2D eigenvalue weighted by molar-refractivity contribution is 0.101. The highest BCUT2D eigenvalue weighted by Crippen LogP contribution is 2.19. The quantitative estimate of drug-likeness (QED) is 0.631. The molecule has 146 valence electrons. The molecule has 0 saturated carbocycles. The highest BCUT2D eigenvalue weighted by atomic mass is 19.3. The summed E-state index contributed by atoms with van der Waals surface area (Å²) < 4.78 is 28.5. The molecule has 0 bridgehead atoms. The van der Waals surface area contributed by atoms with Gasteiger partial charge in [-0.1, -0.05) is 23.3 Å². The van der Waals surface area contributed by atoms with Crippen molar-refractivity contribution >= 4 is 11.9 Å². The van der Waals surface area contributed by atoms with Crippen LogP contribution in [0.4, 0.5) is 14.7 Å². The molecule has 0 atom stereocenters. The molecule has 1 amide bonds. The lowest BCUT2D eigenvalue weighted by Gasteiger charge is -2.10. The van der Waals surface area contributed by atoms with E-state index in [9.17, 15) is 23.2 Å². The van der Waals surface area contributed by atoms with Crippen molar-refractivity contribution in [2.24, 2.45) is 14.1 Å². The van der Waals surface area contributed by atoms with Gasteiger partial charge in [0.15, 0.2) is 0 Å². The largest absolute Gasteiger partial charge is 0.347 e. The summed E-state index contributed by atoms with van der Waals surface area (Å²) in [6.07, 6.45) is -2.70. The van der Waals surface area contributed by atoms with E-state index in [1.54, 1.807) is 0 Å². The number of halogens is 2. The number of benzene rings is 1. The molecule has 0 aliphatic rings. The van der Waals surface area contributed by atoms with Crippen molar-refractivity contribution in [3.63, 3.8) is 0 Å². The molecule has 0 saturated heterocycles. The molecule has 1 N–H and O–H groups in total. The van der Waals surface area contributed by atoms with E-state index in [4.69, 9.17) is 0 Å². The maximum Gasteiger partial charge on any atom is 0.347 e. The Bertz CT molecular complexity index is 1150. The molecule has 1 aromatic carbocycles. The van der Waals surface area contributed by atoms with Gasteiger partial charge in [0, 0.05) is 19.7 Å². The number of anilines is 1. The number of carbonyl (C=O) groups excluding carboxylic acids is 1. The predicted octanol–water partition coefficient (Wildman–Crippen LogP) is -0.296. The van der Waals surface area contributed by atoms with Crippen LogP contribution in [0.15, 0.2) is 33.9 Å². The second-order valence-electron chi connectivity index (χ2n) is 5.77. The van der Waals surface area contributed by atoms with Gasteiger partial charge in [0.2, 0.25) is 11.6 Å². The Balaban J connectivity index is 2.00. The zero-order chi connectivity index (χ0) is 20.4. The molecule has 3 aromatic rings. The number of carbonyl (C=O) groups is 1. The Morgan fingerprint density at radius 3 is 2.61 bits per heavy atom. The van der Waals surface area contributed by atoms with Gasteiger partial charge in [-0.25, -0.2) is 22.9 Å². The summed E-state index contributed by atoms with van der Waals surface area (Å²) in [6.45, 7) is -0.305. The number of hydrogen-bond acceptors (Lipinski definition) is 7. The van der Waals surface area contributed by atoms with Crippen molar-refractivity contribution < 1.29 is 13.6 Å². The van der Waals surface area contributed by atoms with Crippen LogP contribution in [0.25, 0.3) is 0 Å². The van der Waals surface area contributed by atoms with Gasteiger partial charge in [-0.05, 0) is 22.1 Å². The number of aryl methyl sites for hydroxylation is 2. The van der Waals surface area contributed by atoms with Gasteiger partial charge >= 0.3 is 5.69 Å². The highest BCUT2D eigenvalue weighted by molar-refractivity contribution is 6.01. The SMILES string of the molecule is Cn1nnnc1NC(=O)c1nn(C)c(=O)n(Cc2cccc(C(F)F)c2)c1=O. The van der Waals surface area contributed by atoms with Crippen LogP contribution in [0.2, 0.25) is 0 Å². The molecule has 2 heterocycles. The van der Waals surface area contributed by atoms with E-state index in [-0.39, 0.29) is 18.1 Å². The van der Waals surface area contributed by atoms with E-state index in [0.29, 0.717) is 5.56 Å². The van der Waals surface area contributed by atoms with Crippen molar-refractivity contribution in [2.75, 3.05) is 5.32 Å². The molecule has 13 heteroatoms. The maximum absolute atomic E-state index is 12.9. The third-order valence-electron chi connectivity index (χ3n) is 3.81. The van der Waals surface area contributed by atoms with Crippen molar-refractivity contribution in [3.8, 4) is 0 Å². The molecule has 0 spiro atoms. The first-order valence-corrected chi connectivity index (χ1v) is 7.86. The van der Waals surface area contributed by atoms with Crippen molar-refractivity contribution in [1.29, 1.82) is 0 Å². The summed E-state index contributed by atoms with van der Waals surface area (Å²) in [5, 5.41) is 16.4. The van der Waals surface area contributed by atoms with Crippen LogP contribution >= 0.6 is 0 Å². The molecule has 0 aliphatic carbocycles. The minimum atomic E-state index is -2.70. The lowest BCUT2D eigenvalue weighted by Crippen LogP contribution is -2.44. The first kappa shape index (κ1) is 19.0. The third-order valence-corrected chi connectivity index (χ3v) is 3.81. The van der Waals surface area contributed by atoms with Gasteiger partial charge in [0.1, 0.15) is 0 Å². The van der Waals surface area contributed by atoms with Crippen LogP contribution in [-0.2, 0) is 20.6 Å². The number of tetrazole rings is 1. The lowest BCUT2D eigenvalue weighted by atomic mass is 10.1. The van der Waals surface area contributed by atoms with Gasteiger partial charge in [-0.3, -0.25) is 19.5 Å². The fraction of sp³-hybridized carbons (Fsp3) is 0.267. The van der Waals surface area contributed by atoms with Crippen LogP contribution in [0.1, 0.15) is 28.0 Å². The fourth-order valence-electron chi connectivity index (χ4n) is 2.41. The van der Waals surface area contributed by atoms with Crippen LogP contribution in [-0.4, -0.2) is 40.5 Å². The molecule has 11 nitrogen and oxygen atoms in total. The van der Waals surface area contributed by atoms with E-state index in [1.165, 1.54) is 38.4 Å². The number of hydrogen-bond donors (Lipinski definition) is 1. The summed E-state index contributed by atoms with van der Waals surface area (Å²) in [5.41, 5.74) is -2.30. The number of nitrogens with zero attached hydrogens (tertiary/aromatic N) is 7. The predicted molar refractivity (Wildman–Crippen MR) is 91.0 cm³/mol.